The number of hydrogen-bond acceptors (Lipinski definition) is 6. The Kier molecular flexibility index (Phi) is 3.48. The third-order valence-corrected chi connectivity index (χ3v) is 5.45. The molecule has 1 aromatic heterocycles. The summed E-state index contributed by atoms with van der Waals surface area (Å²) in [6.45, 7) is 1.92. The van der Waals surface area contributed by atoms with Gasteiger partial charge in [-0.15, -0.1) is 0 Å². The lowest BCUT2D eigenvalue weighted by atomic mass is 10.2. The van der Waals surface area contributed by atoms with Crippen LogP contribution in [0, 0.1) is 0 Å². The Hall–Kier alpha value is -0.950. The number of nitrogens with zero attached hydrogens (tertiary/aromatic N) is 2. The second kappa shape index (κ2) is 4.73. The van der Waals surface area contributed by atoms with Crippen LogP contribution >= 0.6 is 0 Å². The lowest BCUT2D eigenvalue weighted by Gasteiger charge is -2.04. The Morgan fingerprint density at radius 2 is 2.35 bits per heavy atom. The molecule has 17 heavy (non-hydrogen) atoms. The van der Waals surface area contributed by atoms with Crippen LogP contribution in [-0.4, -0.2) is 36.6 Å². The first-order valence-electron chi connectivity index (χ1n) is 5.74. The van der Waals surface area contributed by atoms with E-state index in [-0.39, 0.29) is 17.0 Å². The van der Waals surface area contributed by atoms with E-state index >= 15 is 0 Å². The molecule has 0 aliphatic carbocycles. The normalized spacial score (nSPS) is 24.9. The second-order valence-corrected chi connectivity index (χ2v) is 6.79. The summed E-state index contributed by atoms with van der Waals surface area (Å²) in [5.74, 6) is 1.27. The molecule has 1 N–H and O–H groups in total. The van der Waals surface area contributed by atoms with Crippen LogP contribution in [0.2, 0.25) is 0 Å². The Bertz CT molecular complexity index is 483. The lowest BCUT2D eigenvalue weighted by Crippen LogP contribution is -2.19. The predicted molar refractivity (Wildman–Crippen MR) is 62.3 cm³/mol. The Labute approximate surface area is 101 Å². The van der Waals surface area contributed by atoms with Gasteiger partial charge in [-0.2, -0.15) is 4.98 Å². The van der Waals surface area contributed by atoms with E-state index in [4.69, 9.17) is 4.52 Å². The van der Waals surface area contributed by atoms with Gasteiger partial charge < -0.3 is 9.84 Å². The number of sulfone groups is 1. The highest BCUT2D eigenvalue weighted by Gasteiger charge is 2.32. The summed E-state index contributed by atoms with van der Waals surface area (Å²) < 4.78 is 28.4. The highest BCUT2D eigenvalue weighted by molar-refractivity contribution is 7.92. The highest BCUT2D eigenvalue weighted by Crippen LogP contribution is 2.23. The second-order valence-electron chi connectivity index (χ2n) is 4.39. The molecule has 2 unspecified atom stereocenters. The van der Waals surface area contributed by atoms with Crippen molar-refractivity contribution in [1.29, 1.82) is 0 Å². The number of aromatic nitrogens is 2. The van der Waals surface area contributed by atoms with E-state index in [1.165, 1.54) is 0 Å². The van der Waals surface area contributed by atoms with Gasteiger partial charge in [0.25, 0.3) is 0 Å². The average Bonchev–Trinajstić information content (AvgIpc) is 2.86. The maximum atomic E-state index is 11.7. The molecule has 1 aliphatic heterocycles. The minimum atomic E-state index is -2.95. The van der Waals surface area contributed by atoms with Crippen molar-refractivity contribution in [2.24, 2.45) is 0 Å². The zero-order valence-corrected chi connectivity index (χ0v) is 10.8. The van der Waals surface area contributed by atoms with Crippen molar-refractivity contribution in [3.63, 3.8) is 0 Å². The van der Waals surface area contributed by atoms with E-state index in [0.29, 0.717) is 24.6 Å². The molecule has 1 saturated heterocycles. The van der Waals surface area contributed by atoms with Crippen molar-refractivity contribution < 1.29 is 12.9 Å². The molecular weight excluding hydrogens is 242 g/mol. The van der Waals surface area contributed by atoms with Crippen LogP contribution in [0.3, 0.4) is 0 Å². The van der Waals surface area contributed by atoms with Crippen molar-refractivity contribution >= 4 is 9.84 Å². The zero-order valence-electron chi connectivity index (χ0n) is 10.0. The van der Waals surface area contributed by atoms with Crippen LogP contribution in [0.5, 0.6) is 0 Å². The molecule has 7 heteroatoms. The lowest BCUT2D eigenvalue weighted by molar-refractivity contribution is 0.365. The third-order valence-electron chi connectivity index (χ3n) is 3.17. The van der Waals surface area contributed by atoms with Gasteiger partial charge in [-0.25, -0.2) is 8.42 Å². The predicted octanol–water partition coefficient (Wildman–Crippen LogP) is 0.470. The molecule has 96 valence electrons. The standard InChI is InChI=1S/C10H17N3O3S/c1-7(11-2)10-12-9(16-13-10)6-8-4-3-5-17(8,14)15/h7-8,11H,3-6H2,1-2H3. The summed E-state index contributed by atoms with van der Waals surface area (Å²) in [6, 6.07) is 0.00712. The quantitative estimate of drug-likeness (QED) is 0.846. The van der Waals surface area contributed by atoms with Crippen LogP contribution < -0.4 is 5.32 Å². The average molecular weight is 259 g/mol. The molecular formula is C10H17N3O3S. The van der Waals surface area contributed by atoms with Gasteiger partial charge in [-0.3, -0.25) is 0 Å². The van der Waals surface area contributed by atoms with Gasteiger partial charge in [0.15, 0.2) is 15.7 Å². The molecule has 2 heterocycles. The van der Waals surface area contributed by atoms with E-state index < -0.39 is 9.84 Å². The van der Waals surface area contributed by atoms with E-state index in [1.807, 2.05) is 14.0 Å². The van der Waals surface area contributed by atoms with Crippen molar-refractivity contribution in [1.82, 2.24) is 15.5 Å². The van der Waals surface area contributed by atoms with Crippen LogP contribution in [0.4, 0.5) is 0 Å². The zero-order chi connectivity index (χ0) is 12.5. The molecule has 1 aromatic rings. The fourth-order valence-corrected chi connectivity index (χ4v) is 3.76. The van der Waals surface area contributed by atoms with Gasteiger partial charge >= 0.3 is 0 Å². The van der Waals surface area contributed by atoms with Crippen LogP contribution in [0.15, 0.2) is 4.52 Å². The summed E-state index contributed by atoms with van der Waals surface area (Å²) in [7, 11) is -1.14. The Balaban J connectivity index is 2.07. The van der Waals surface area contributed by atoms with E-state index in [2.05, 4.69) is 15.5 Å². The summed E-state index contributed by atoms with van der Waals surface area (Å²) >= 11 is 0. The molecule has 1 aliphatic rings. The maximum Gasteiger partial charge on any atom is 0.228 e. The molecule has 1 fully saturated rings. The van der Waals surface area contributed by atoms with Gasteiger partial charge in [0, 0.05) is 6.42 Å². The SMILES string of the molecule is CNC(C)c1noc(CC2CCCS2(=O)=O)n1. The summed E-state index contributed by atoms with van der Waals surface area (Å²) in [5.41, 5.74) is 0. The topological polar surface area (TPSA) is 85.1 Å². The smallest absolute Gasteiger partial charge is 0.228 e. The number of nitrogens with one attached hydrogen (secondary N) is 1. The fourth-order valence-electron chi connectivity index (χ4n) is 1.94. The first kappa shape index (κ1) is 12.5. The molecule has 0 amide bonds. The molecule has 0 spiro atoms. The first-order chi connectivity index (χ1) is 8.03. The number of rotatable bonds is 4. The van der Waals surface area contributed by atoms with E-state index in [9.17, 15) is 8.42 Å². The monoisotopic (exact) mass is 259 g/mol. The van der Waals surface area contributed by atoms with E-state index in [1.54, 1.807) is 0 Å². The van der Waals surface area contributed by atoms with Gasteiger partial charge in [0.1, 0.15) is 0 Å². The Morgan fingerprint density at radius 1 is 1.59 bits per heavy atom. The van der Waals surface area contributed by atoms with Gasteiger partial charge in [-0.1, -0.05) is 5.16 Å². The third kappa shape index (κ3) is 2.66. The molecule has 0 bridgehead atoms. The first-order valence-corrected chi connectivity index (χ1v) is 7.46. The number of hydrogen-bond donors (Lipinski definition) is 1. The van der Waals surface area contributed by atoms with Gasteiger partial charge in [-0.05, 0) is 26.8 Å². The summed E-state index contributed by atoms with van der Waals surface area (Å²) in [5, 5.41) is 6.49. The van der Waals surface area contributed by atoms with E-state index in [0.717, 1.165) is 6.42 Å². The van der Waals surface area contributed by atoms with Crippen molar-refractivity contribution in [2.75, 3.05) is 12.8 Å². The van der Waals surface area contributed by atoms with Crippen LogP contribution in [-0.2, 0) is 16.3 Å². The van der Waals surface area contributed by atoms with Crippen LogP contribution in [0.1, 0.15) is 37.5 Å². The summed E-state index contributed by atoms with van der Waals surface area (Å²) in [4.78, 5) is 4.21. The van der Waals surface area contributed by atoms with Crippen molar-refractivity contribution in [2.45, 2.75) is 37.5 Å². The fraction of sp³-hybridized carbons (Fsp3) is 0.800. The molecule has 0 saturated carbocycles. The molecule has 2 rings (SSSR count). The maximum absolute atomic E-state index is 11.7. The van der Waals surface area contributed by atoms with Gasteiger partial charge in [0.05, 0.1) is 17.0 Å². The largest absolute Gasteiger partial charge is 0.339 e. The van der Waals surface area contributed by atoms with Crippen molar-refractivity contribution in [3.05, 3.63) is 11.7 Å². The molecule has 0 aromatic carbocycles. The van der Waals surface area contributed by atoms with Crippen LogP contribution in [0.25, 0.3) is 0 Å². The molecule has 6 nitrogen and oxygen atoms in total. The molecule has 0 radical (unpaired) electrons. The van der Waals surface area contributed by atoms with Gasteiger partial charge in [0.2, 0.25) is 5.89 Å². The van der Waals surface area contributed by atoms with Crippen molar-refractivity contribution in [3.8, 4) is 0 Å². The minimum absolute atomic E-state index is 0.00712. The molecule has 2 atom stereocenters. The highest BCUT2D eigenvalue weighted by atomic mass is 32.2. The Morgan fingerprint density at radius 3 is 2.94 bits per heavy atom. The minimum Gasteiger partial charge on any atom is -0.339 e. The summed E-state index contributed by atoms with van der Waals surface area (Å²) in [6.07, 6.45) is 1.77.